The molecule has 2 aromatic rings. The Morgan fingerprint density at radius 2 is 2.11 bits per heavy atom. The Morgan fingerprint density at radius 3 is 2.70 bits per heavy atom. The fraction of sp³-hybridized carbons (Fsp3) is 0.381. The van der Waals surface area contributed by atoms with Crippen LogP contribution in [-0.2, 0) is 4.79 Å². The Morgan fingerprint density at radius 1 is 1.37 bits per heavy atom. The smallest absolute Gasteiger partial charge is 0.191 e. The number of hydrogen-bond acceptors (Lipinski definition) is 4. The highest BCUT2D eigenvalue weighted by Crippen LogP contribution is 2.46. The van der Waals surface area contributed by atoms with Crippen molar-refractivity contribution in [3.63, 3.8) is 0 Å². The lowest BCUT2D eigenvalue weighted by Gasteiger charge is -2.20. The molecule has 1 aromatic heterocycles. The van der Waals surface area contributed by atoms with Crippen molar-refractivity contribution >= 4 is 23.6 Å². The molecular weight excluding hydrogens is 356 g/mol. The molecule has 0 radical (unpaired) electrons. The molecule has 0 aliphatic heterocycles. The van der Waals surface area contributed by atoms with E-state index in [2.05, 4.69) is 17.1 Å². The summed E-state index contributed by atoms with van der Waals surface area (Å²) in [5.41, 5.74) is 8.78. The number of aliphatic imine (C=N–C) groups is 1. The van der Waals surface area contributed by atoms with Gasteiger partial charge in [-0.05, 0) is 61.1 Å². The lowest BCUT2D eigenvalue weighted by atomic mass is 9.95. The van der Waals surface area contributed by atoms with E-state index in [0.717, 1.165) is 40.0 Å². The Balaban J connectivity index is 1.99. The molecule has 1 heterocycles. The van der Waals surface area contributed by atoms with Crippen molar-refractivity contribution in [2.75, 3.05) is 14.1 Å². The summed E-state index contributed by atoms with van der Waals surface area (Å²) in [6.45, 7) is 1.99. The SMILES string of the molecule is Cc1cc(C#N)cc(-c2ccc(C(N=C(N)N(C)C)C(C=O)C3CC3)s2)c1. The van der Waals surface area contributed by atoms with Crippen LogP contribution >= 0.6 is 11.3 Å². The molecule has 1 aromatic carbocycles. The number of nitrogens with zero attached hydrogens (tertiary/aromatic N) is 3. The highest BCUT2D eigenvalue weighted by molar-refractivity contribution is 7.15. The highest BCUT2D eigenvalue weighted by Gasteiger charge is 2.38. The van der Waals surface area contributed by atoms with E-state index in [1.54, 1.807) is 16.2 Å². The lowest BCUT2D eigenvalue weighted by Crippen LogP contribution is -2.32. The summed E-state index contributed by atoms with van der Waals surface area (Å²) >= 11 is 1.62. The topological polar surface area (TPSA) is 82.5 Å². The number of aryl methyl sites for hydroxylation is 1. The molecule has 1 fully saturated rings. The van der Waals surface area contributed by atoms with E-state index in [4.69, 9.17) is 5.73 Å². The fourth-order valence-electron chi connectivity index (χ4n) is 3.18. The van der Waals surface area contributed by atoms with Crippen LogP contribution in [0, 0.1) is 30.1 Å². The molecule has 0 spiro atoms. The number of thiophene rings is 1. The highest BCUT2D eigenvalue weighted by atomic mass is 32.1. The van der Waals surface area contributed by atoms with E-state index in [-0.39, 0.29) is 12.0 Å². The second-order valence-electron chi connectivity index (χ2n) is 7.28. The molecular formula is C21H24N4OS. The number of aldehydes is 1. The number of nitriles is 1. The fourth-order valence-corrected chi connectivity index (χ4v) is 4.27. The molecule has 0 amide bonds. The van der Waals surface area contributed by atoms with Crippen molar-refractivity contribution < 1.29 is 4.79 Å². The molecule has 1 aliphatic rings. The first-order chi connectivity index (χ1) is 12.9. The maximum absolute atomic E-state index is 11.8. The van der Waals surface area contributed by atoms with Crippen LogP contribution in [0.2, 0.25) is 0 Å². The first-order valence-corrected chi connectivity index (χ1v) is 9.82. The summed E-state index contributed by atoms with van der Waals surface area (Å²) in [6, 6.07) is 11.9. The second kappa shape index (κ2) is 7.93. The lowest BCUT2D eigenvalue weighted by molar-refractivity contribution is -0.112. The number of guanidine groups is 1. The van der Waals surface area contributed by atoms with Gasteiger partial charge < -0.3 is 15.4 Å². The second-order valence-corrected chi connectivity index (χ2v) is 8.39. The van der Waals surface area contributed by atoms with Crippen molar-refractivity contribution in [3.8, 4) is 16.5 Å². The Labute approximate surface area is 164 Å². The number of carbonyl (C=O) groups excluding carboxylic acids is 1. The van der Waals surface area contributed by atoms with E-state index in [1.807, 2.05) is 45.3 Å². The molecule has 0 saturated heterocycles. The number of carbonyl (C=O) groups is 1. The van der Waals surface area contributed by atoms with Crippen molar-refractivity contribution in [2.24, 2.45) is 22.6 Å². The summed E-state index contributed by atoms with van der Waals surface area (Å²) in [5, 5.41) is 9.23. The maximum Gasteiger partial charge on any atom is 0.191 e. The monoisotopic (exact) mass is 380 g/mol. The maximum atomic E-state index is 11.8. The van der Waals surface area contributed by atoms with Gasteiger partial charge in [0.25, 0.3) is 0 Å². The average Bonchev–Trinajstić information content (AvgIpc) is 3.36. The Bertz CT molecular complexity index is 905. The van der Waals surface area contributed by atoms with Gasteiger partial charge in [-0.25, -0.2) is 4.99 Å². The molecule has 2 N–H and O–H groups in total. The number of benzene rings is 1. The van der Waals surface area contributed by atoms with Gasteiger partial charge in [-0.15, -0.1) is 11.3 Å². The summed E-state index contributed by atoms with van der Waals surface area (Å²) in [7, 11) is 3.69. The normalized spacial score (nSPS) is 16.4. The minimum atomic E-state index is -0.267. The van der Waals surface area contributed by atoms with Gasteiger partial charge >= 0.3 is 0 Å². The summed E-state index contributed by atoms with van der Waals surface area (Å²) < 4.78 is 0. The Kier molecular flexibility index (Phi) is 5.62. The first-order valence-electron chi connectivity index (χ1n) is 9.00. The van der Waals surface area contributed by atoms with Crippen LogP contribution < -0.4 is 5.73 Å². The minimum Gasteiger partial charge on any atom is -0.370 e. The van der Waals surface area contributed by atoms with Crippen LogP contribution in [0.25, 0.3) is 10.4 Å². The van der Waals surface area contributed by atoms with Gasteiger partial charge in [0.15, 0.2) is 5.96 Å². The van der Waals surface area contributed by atoms with Crippen molar-refractivity contribution in [1.29, 1.82) is 5.26 Å². The van der Waals surface area contributed by atoms with Crippen LogP contribution in [0.15, 0.2) is 35.3 Å². The van der Waals surface area contributed by atoms with Crippen LogP contribution in [0.4, 0.5) is 0 Å². The summed E-state index contributed by atoms with van der Waals surface area (Å²) in [5.74, 6) is 0.660. The van der Waals surface area contributed by atoms with Crippen LogP contribution in [0.5, 0.6) is 0 Å². The zero-order valence-electron chi connectivity index (χ0n) is 15.8. The standard InChI is InChI=1S/C21H24N4OS/c1-13-8-14(11-22)10-16(9-13)18-6-7-19(27-18)20(24-21(23)25(2)3)17(12-26)15-4-5-15/h6-10,12,15,17,20H,4-5H2,1-3H3,(H2,23,24). The van der Waals surface area contributed by atoms with E-state index < -0.39 is 0 Å². The zero-order chi connectivity index (χ0) is 19.6. The van der Waals surface area contributed by atoms with Crippen LogP contribution in [-0.4, -0.2) is 31.2 Å². The molecule has 1 aliphatic carbocycles. The van der Waals surface area contributed by atoms with Gasteiger partial charge in [-0.1, -0.05) is 6.07 Å². The average molecular weight is 381 g/mol. The first kappa shape index (κ1) is 19.1. The van der Waals surface area contributed by atoms with Crippen LogP contribution in [0.3, 0.4) is 0 Å². The van der Waals surface area contributed by atoms with Crippen molar-refractivity contribution in [2.45, 2.75) is 25.8 Å². The van der Waals surface area contributed by atoms with Crippen molar-refractivity contribution in [3.05, 3.63) is 46.3 Å². The number of rotatable bonds is 6. The molecule has 2 atom stereocenters. The van der Waals surface area contributed by atoms with E-state index in [9.17, 15) is 10.1 Å². The largest absolute Gasteiger partial charge is 0.370 e. The minimum absolute atomic E-state index is 0.151. The molecule has 2 unspecified atom stereocenters. The molecule has 1 saturated carbocycles. The zero-order valence-corrected chi connectivity index (χ0v) is 16.7. The Hall–Kier alpha value is -2.65. The molecule has 0 bridgehead atoms. The molecule has 27 heavy (non-hydrogen) atoms. The third-order valence-electron chi connectivity index (χ3n) is 4.83. The molecule has 5 nitrogen and oxygen atoms in total. The van der Waals surface area contributed by atoms with Crippen LogP contribution in [0.1, 0.15) is 34.9 Å². The quantitative estimate of drug-likeness (QED) is 0.470. The van der Waals surface area contributed by atoms with E-state index in [0.29, 0.717) is 17.4 Å². The molecule has 3 rings (SSSR count). The van der Waals surface area contributed by atoms with Gasteiger partial charge in [0.05, 0.1) is 17.7 Å². The van der Waals surface area contributed by atoms with Gasteiger partial charge in [0.1, 0.15) is 6.29 Å². The van der Waals surface area contributed by atoms with E-state index in [1.165, 1.54) is 0 Å². The third kappa shape index (κ3) is 4.37. The van der Waals surface area contributed by atoms with Gasteiger partial charge in [-0.3, -0.25) is 0 Å². The number of hydrogen-bond donors (Lipinski definition) is 1. The van der Waals surface area contributed by atoms with Gasteiger partial charge in [0, 0.05) is 29.8 Å². The predicted octanol–water partition coefficient (Wildman–Crippen LogP) is 3.74. The number of nitrogens with two attached hydrogens (primary N) is 1. The van der Waals surface area contributed by atoms with E-state index >= 15 is 0 Å². The summed E-state index contributed by atoms with van der Waals surface area (Å²) in [6.07, 6.45) is 3.17. The predicted molar refractivity (Wildman–Crippen MR) is 110 cm³/mol. The summed E-state index contributed by atoms with van der Waals surface area (Å²) in [4.78, 5) is 20.3. The van der Waals surface area contributed by atoms with Gasteiger partial charge in [0.2, 0.25) is 0 Å². The third-order valence-corrected chi connectivity index (χ3v) is 6.03. The van der Waals surface area contributed by atoms with Crippen molar-refractivity contribution in [1.82, 2.24) is 4.90 Å². The molecule has 6 heteroatoms. The van der Waals surface area contributed by atoms with Gasteiger partial charge in [-0.2, -0.15) is 5.26 Å². The molecule has 140 valence electrons.